The fraction of sp³-hybridized carbons (Fsp3) is 0.882. The van der Waals surface area contributed by atoms with E-state index < -0.39 is 0 Å². The second kappa shape index (κ2) is 8.52. The molecule has 0 amide bonds. The summed E-state index contributed by atoms with van der Waals surface area (Å²) in [5.74, 6) is 2.65. The van der Waals surface area contributed by atoms with Gasteiger partial charge >= 0.3 is 0 Å². The minimum atomic E-state index is 0.620. The van der Waals surface area contributed by atoms with Gasteiger partial charge in [0.2, 0.25) is 0 Å². The van der Waals surface area contributed by atoms with Gasteiger partial charge in [0, 0.05) is 19.0 Å². The Hall–Kier alpha value is -0.900. The highest BCUT2D eigenvalue weighted by atomic mass is 15.3. The molecule has 4 heteroatoms. The summed E-state index contributed by atoms with van der Waals surface area (Å²) in [6, 6.07) is 0.664. The van der Waals surface area contributed by atoms with Gasteiger partial charge in [0.25, 0.3) is 0 Å². The van der Waals surface area contributed by atoms with Gasteiger partial charge in [-0.15, -0.1) is 0 Å². The lowest BCUT2D eigenvalue weighted by atomic mass is 9.94. The van der Waals surface area contributed by atoms with Crippen LogP contribution in [0, 0.1) is 11.8 Å². The molecule has 1 aliphatic carbocycles. The van der Waals surface area contributed by atoms with Crippen LogP contribution < -0.4 is 5.32 Å². The Kier molecular flexibility index (Phi) is 6.68. The van der Waals surface area contributed by atoms with Crippen LogP contribution in [0.3, 0.4) is 0 Å². The van der Waals surface area contributed by atoms with Crippen molar-refractivity contribution in [1.82, 2.24) is 20.1 Å². The van der Waals surface area contributed by atoms with E-state index in [9.17, 15) is 0 Å². The van der Waals surface area contributed by atoms with Gasteiger partial charge in [-0.2, -0.15) is 5.10 Å². The number of aryl methyl sites for hydroxylation is 1. The Morgan fingerprint density at radius 1 is 1.33 bits per heavy atom. The summed E-state index contributed by atoms with van der Waals surface area (Å²) in [6.07, 6.45) is 10.8. The molecule has 1 heterocycles. The van der Waals surface area contributed by atoms with Crippen LogP contribution in [-0.2, 0) is 13.0 Å². The van der Waals surface area contributed by atoms with Gasteiger partial charge in [0.1, 0.15) is 12.2 Å². The maximum Gasteiger partial charge on any atom is 0.138 e. The number of hydrogen-bond acceptors (Lipinski definition) is 3. The highest BCUT2D eigenvalue weighted by Gasteiger charge is 2.24. The average molecular weight is 292 g/mol. The van der Waals surface area contributed by atoms with E-state index in [0.717, 1.165) is 31.3 Å². The minimum Gasteiger partial charge on any atom is -0.314 e. The summed E-state index contributed by atoms with van der Waals surface area (Å²) < 4.78 is 2.09. The van der Waals surface area contributed by atoms with Crippen molar-refractivity contribution in [3.05, 3.63) is 12.2 Å². The zero-order valence-corrected chi connectivity index (χ0v) is 14.0. The Balaban J connectivity index is 1.89. The number of nitrogens with zero attached hydrogens (tertiary/aromatic N) is 3. The molecule has 1 saturated carbocycles. The monoisotopic (exact) mass is 292 g/mol. The molecule has 0 saturated heterocycles. The molecule has 1 N–H and O–H groups in total. The van der Waals surface area contributed by atoms with Crippen molar-refractivity contribution in [3.8, 4) is 0 Å². The molecule has 120 valence electrons. The largest absolute Gasteiger partial charge is 0.314 e. The van der Waals surface area contributed by atoms with Gasteiger partial charge in [-0.25, -0.2) is 9.67 Å². The highest BCUT2D eigenvalue weighted by molar-refractivity contribution is 4.89. The van der Waals surface area contributed by atoms with Crippen molar-refractivity contribution in [2.45, 2.75) is 78.3 Å². The lowest BCUT2D eigenvalue weighted by molar-refractivity contribution is 0.335. The number of rotatable bonds is 9. The van der Waals surface area contributed by atoms with Crippen molar-refractivity contribution in [1.29, 1.82) is 0 Å². The molecule has 0 aromatic carbocycles. The summed E-state index contributed by atoms with van der Waals surface area (Å²) in [5.41, 5.74) is 0. The Morgan fingerprint density at radius 2 is 2.10 bits per heavy atom. The van der Waals surface area contributed by atoms with Gasteiger partial charge in [0.05, 0.1) is 0 Å². The molecule has 0 aliphatic heterocycles. The predicted octanol–water partition coefficient (Wildman–Crippen LogP) is 3.43. The molecular formula is C17H32N4. The Morgan fingerprint density at radius 3 is 2.76 bits per heavy atom. The standard InChI is InChI=1S/C17H32N4/c1-4-11-18-16(15-7-5-6-8-15)9-10-17-19-13-20-21(17)12-14(2)3/h13-16,18H,4-12H2,1-3H3. The molecule has 21 heavy (non-hydrogen) atoms. The normalized spacial score (nSPS) is 17.7. The van der Waals surface area contributed by atoms with Crippen molar-refractivity contribution in [2.75, 3.05) is 6.54 Å². The first kappa shape index (κ1) is 16.5. The SMILES string of the molecule is CCCNC(CCc1ncnn1CC(C)C)C1CCCC1. The molecule has 1 unspecified atom stereocenters. The fourth-order valence-electron chi connectivity index (χ4n) is 3.46. The molecule has 2 rings (SSSR count). The van der Waals surface area contributed by atoms with Gasteiger partial charge in [-0.1, -0.05) is 33.6 Å². The predicted molar refractivity (Wildman–Crippen MR) is 87.2 cm³/mol. The minimum absolute atomic E-state index is 0.620. The quantitative estimate of drug-likeness (QED) is 0.758. The molecule has 1 atom stereocenters. The van der Waals surface area contributed by atoms with Crippen LogP contribution in [-0.4, -0.2) is 27.4 Å². The van der Waals surface area contributed by atoms with E-state index in [2.05, 4.69) is 40.9 Å². The summed E-state index contributed by atoms with van der Waals surface area (Å²) in [7, 11) is 0. The molecule has 1 fully saturated rings. The van der Waals surface area contributed by atoms with Crippen LogP contribution in [0.2, 0.25) is 0 Å². The van der Waals surface area contributed by atoms with E-state index in [0.29, 0.717) is 12.0 Å². The molecule has 1 aliphatic rings. The van der Waals surface area contributed by atoms with Gasteiger partial charge in [-0.05, 0) is 44.1 Å². The average Bonchev–Trinajstić information content (AvgIpc) is 3.10. The number of hydrogen-bond donors (Lipinski definition) is 1. The molecule has 0 bridgehead atoms. The number of aromatic nitrogens is 3. The van der Waals surface area contributed by atoms with Crippen molar-refractivity contribution < 1.29 is 0 Å². The maximum atomic E-state index is 4.47. The highest BCUT2D eigenvalue weighted by Crippen LogP contribution is 2.29. The summed E-state index contributed by atoms with van der Waals surface area (Å²) >= 11 is 0. The lowest BCUT2D eigenvalue weighted by Crippen LogP contribution is -2.36. The van der Waals surface area contributed by atoms with Crippen molar-refractivity contribution in [2.24, 2.45) is 11.8 Å². The second-order valence-electron chi connectivity index (χ2n) is 6.90. The van der Waals surface area contributed by atoms with Crippen molar-refractivity contribution in [3.63, 3.8) is 0 Å². The van der Waals surface area contributed by atoms with E-state index in [1.54, 1.807) is 6.33 Å². The number of nitrogens with one attached hydrogen (secondary N) is 1. The van der Waals surface area contributed by atoms with Crippen LogP contribution in [0.1, 0.15) is 65.1 Å². The van der Waals surface area contributed by atoms with Crippen molar-refractivity contribution >= 4 is 0 Å². The Labute approximate surface area is 129 Å². The smallest absolute Gasteiger partial charge is 0.138 e. The third kappa shape index (κ3) is 5.10. The fourth-order valence-corrected chi connectivity index (χ4v) is 3.46. The molecule has 1 aromatic heterocycles. The summed E-state index contributed by atoms with van der Waals surface area (Å²) in [4.78, 5) is 4.47. The zero-order chi connectivity index (χ0) is 15.1. The van der Waals surface area contributed by atoms with E-state index in [-0.39, 0.29) is 0 Å². The third-order valence-corrected chi connectivity index (χ3v) is 4.54. The zero-order valence-electron chi connectivity index (χ0n) is 14.0. The van der Waals surface area contributed by atoms with Crippen LogP contribution >= 0.6 is 0 Å². The van der Waals surface area contributed by atoms with Gasteiger partial charge in [0.15, 0.2) is 0 Å². The van der Waals surface area contributed by atoms with E-state index in [1.807, 2.05) is 0 Å². The lowest BCUT2D eigenvalue weighted by Gasteiger charge is -2.24. The van der Waals surface area contributed by atoms with E-state index in [4.69, 9.17) is 0 Å². The molecule has 0 radical (unpaired) electrons. The molecule has 1 aromatic rings. The van der Waals surface area contributed by atoms with Crippen LogP contribution in [0.15, 0.2) is 6.33 Å². The molecule has 0 spiro atoms. The second-order valence-corrected chi connectivity index (χ2v) is 6.90. The first-order valence-electron chi connectivity index (χ1n) is 8.80. The van der Waals surface area contributed by atoms with E-state index in [1.165, 1.54) is 38.5 Å². The first-order valence-corrected chi connectivity index (χ1v) is 8.80. The maximum absolute atomic E-state index is 4.47. The van der Waals surface area contributed by atoms with Crippen LogP contribution in [0.4, 0.5) is 0 Å². The topological polar surface area (TPSA) is 42.7 Å². The Bertz CT molecular complexity index is 393. The first-order chi connectivity index (χ1) is 10.2. The molecular weight excluding hydrogens is 260 g/mol. The van der Waals surface area contributed by atoms with Gasteiger partial charge < -0.3 is 5.32 Å². The van der Waals surface area contributed by atoms with E-state index >= 15 is 0 Å². The third-order valence-electron chi connectivity index (χ3n) is 4.54. The summed E-state index contributed by atoms with van der Waals surface area (Å²) in [6.45, 7) is 8.83. The van der Waals surface area contributed by atoms with Gasteiger partial charge in [-0.3, -0.25) is 0 Å². The van der Waals surface area contributed by atoms with Crippen LogP contribution in [0.5, 0.6) is 0 Å². The summed E-state index contributed by atoms with van der Waals surface area (Å²) in [5, 5.41) is 8.16. The van der Waals surface area contributed by atoms with Crippen LogP contribution in [0.25, 0.3) is 0 Å². The molecule has 4 nitrogen and oxygen atoms in total.